The molecule has 0 atom stereocenters. The van der Waals surface area contributed by atoms with Crippen LogP contribution in [0.4, 0.5) is 0 Å². The Kier molecular flexibility index (Phi) is 5.59. The maximum Gasteiger partial charge on any atom is 0.248 e. The number of hydrogen-bond donors (Lipinski definition) is 1. The number of sulfonamides is 1. The normalized spacial score (nSPS) is 11.6. The van der Waals surface area contributed by atoms with E-state index in [0.29, 0.717) is 16.9 Å². The zero-order valence-corrected chi connectivity index (χ0v) is 15.7. The summed E-state index contributed by atoms with van der Waals surface area (Å²) in [5.41, 5.74) is 6.28. The highest BCUT2D eigenvalue weighted by molar-refractivity contribution is 7.89. The van der Waals surface area contributed by atoms with E-state index in [-0.39, 0.29) is 23.1 Å². The standard InChI is InChI=1S/C18H16ClN3O4S/c19-17-8-7-16(10-21-17)27(24,25)22(12-15-2-1-9-26-15)11-13-3-5-14(6-4-13)18(20)23/h1-10H,11-12H2,(H2,20,23). The van der Waals surface area contributed by atoms with Crippen LogP contribution in [0.25, 0.3) is 0 Å². The third kappa shape index (κ3) is 4.54. The Labute approximate surface area is 161 Å². The highest BCUT2D eigenvalue weighted by Gasteiger charge is 2.26. The lowest BCUT2D eigenvalue weighted by Gasteiger charge is -2.21. The molecular formula is C18H16ClN3O4S. The van der Waals surface area contributed by atoms with E-state index in [4.69, 9.17) is 21.8 Å². The first-order valence-corrected chi connectivity index (χ1v) is 9.71. The molecular weight excluding hydrogens is 390 g/mol. The number of amides is 1. The summed E-state index contributed by atoms with van der Waals surface area (Å²) in [5.74, 6) is -0.0527. The van der Waals surface area contributed by atoms with Crippen molar-refractivity contribution in [3.8, 4) is 0 Å². The molecule has 3 aromatic rings. The van der Waals surface area contributed by atoms with Crippen molar-refractivity contribution >= 4 is 27.5 Å². The molecule has 0 unspecified atom stereocenters. The minimum atomic E-state index is -3.86. The second-order valence-corrected chi connectivity index (χ2v) is 8.06. The summed E-state index contributed by atoms with van der Waals surface area (Å²) in [6.45, 7) is 0.111. The predicted molar refractivity (Wildman–Crippen MR) is 99.3 cm³/mol. The van der Waals surface area contributed by atoms with E-state index < -0.39 is 15.9 Å². The van der Waals surface area contributed by atoms with Gasteiger partial charge in [-0.3, -0.25) is 4.79 Å². The molecule has 9 heteroatoms. The van der Waals surface area contributed by atoms with Crippen LogP contribution < -0.4 is 5.73 Å². The van der Waals surface area contributed by atoms with E-state index in [1.165, 1.54) is 28.9 Å². The van der Waals surface area contributed by atoms with Crippen LogP contribution in [0.5, 0.6) is 0 Å². The van der Waals surface area contributed by atoms with Gasteiger partial charge in [0.1, 0.15) is 15.8 Å². The van der Waals surface area contributed by atoms with Gasteiger partial charge in [-0.15, -0.1) is 0 Å². The zero-order chi connectivity index (χ0) is 19.4. The summed E-state index contributed by atoms with van der Waals surface area (Å²) in [4.78, 5) is 15.1. The largest absolute Gasteiger partial charge is 0.468 e. The van der Waals surface area contributed by atoms with Crippen molar-refractivity contribution in [1.82, 2.24) is 9.29 Å². The lowest BCUT2D eigenvalue weighted by atomic mass is 10.1. The van der Waals surface area contributed by atoms with Crippen LogP contribution in [-0.4, -0.2) is 23.6 Å². The average Bonchev–Trinajstić information content (AvgIpc) is 3.15. The molecule has 0 aliphatic heterocycles. The molecule has 0 fully saturated rings. The summed E-state index contributed by atoms with van der Waals surface area (Å²) in [5, 5.41) is 0.202. The summed E-state index contributed by atoms with van der Waals surface area (Å²) < 4.78 is 32.7. The number of rotatable bonds is 7. The van der Waals surface area contributed by atoms with E-state index >= 15 is 0 Å². The molecule has 2 aromatic heterocycles. The maximum atomic E-state index is 13.1. The van der Waals surface area contributed by atoms with Crippen molar-refractivity contribution in [2.45, 2.75) is 18.0 Å². The molecule has 7 nitrogen and oxygen atoms in total. The molecule has 27 heavy (non-hydrogen) atoms. The molecule has 2 N–H and O–H groups in total. The van der Waals surface area contributed by atoms with Gasteiger partial charge in [-0.05, 0) is 42.0 Å². The van der Waals surface area contributed by atoms with Gasteiger partial charge in [0, 0.05) is 18.3 Å². The number of halogens is 1. The van der Waals surface area contributed by atoms with Gasteiger partial charge in [-0.1, -0.05) is 23.7 Å². The second-order valence-electron chi connectivity index (χ2n) is 5.73. The molecule has 140 valence electrons. The molecule has 1 amide bonds. The fourth-order valence-electron chi connectivity index (χ4n) is 2.44. The quantitative estimate of drug-likeness (QED) is 0.608. The van der Waals surface area contributed by atoms with Gasteiger partial charge in [0.15, 0.2) is 0 Å². The molecule has 3 rings (SSSR count). The lowest BCUT2D eigenvalue weighted by Crippen LogP contribution is -2.30. The smallest absolute Gasteiger partial charge is 0.248 e. The molecule has 0 bridgehead atoms. The maximum absolute atomic E-state index is 13.1. The van der Waals surface area contributed by atoms with Crippen molar-refractivity contribution in [3.05, 3.63) is 83.0 Å². The number of carbonyl (C=O) groups excluding carboxylic acids is 1. The first-order chi connectivity index (χ1) is 12.9. The van der Waals surface area contributed by atoms with Gasteiger partial charge in [-0.25, -0.2) is 13.4 Å². The first-order valence-electron chi connectivity index (χ1n) is 7.89. The highest BCUT2D eigenvalue weighted by Crippen LogP contribution is 2.22. The number of primary amides is 1. The van der Waals surface area contributed by atoms with E-state index in [9.17, 15) is 13.2 Å². The summed E-state index contributed by atoms with van der Waals surface area (Å²) >= 11 is 5.75. The van der Waals surface area contributed by atoms with Crippen LogP contribution in [0.15, 0.2) is 70.3 Å². The molecule has 0 saturated carbocycles. The number of nitrogens with zero attached hydrogens (tertiary/aromatic N) is 2. The number of carbonyl (C=O) groups is 1. The minimum Gasteiger partial charge on any atom is -0.468 e. The third-order valence-electron chi connectivity index (χ3n) is 3.85. The van der Waals surface area contributed by atoms with Gasteiger partial charge >= 0.3 is 0 Å². The lowest BCUT2D eigenvalue weighted by molar-refractivity contribution is 0.1000. The van der Waals surface area contributed by atoms with Crippen LogP contribution in [-0.2, 0) is 23.1 Å². The molecule has 2 heterocycles. The van der Waals surface area contributed by atoms with Crippen LogP contribution in [0.3, 0.4) is 0 Å². The molecule has 1 aromatic carbocycles. The Morgan fingerprint density at radius 1 is 1.11 bits per heavy atom. The fraction of sp³-hybridized carbons (Fsp3) is 0.111. The van der Waals surface area contributed by atoms with Crippen LogP contribution >= 0.6 is 11.6 Å². The monoisotopic (exact) mass is 405 g/mol. The van der Waals surface area contributed by atoms with Crippen molar-refractivity contribution in [2.75, 3.05) is 0 Å². The van der Waals surface area contributed by atoms with Gasteiger partial charge in [0.2, 0.25) is 15.9 Å². The second kappa shape index (κ2) is 7.91. The number of nitrogens with two attached hydrogens (primary N) is 1. The number of aromatic nitrogens is 1. The van der Waals surface area contributed by atoms with Crippen LogP contribution in [0, 0.1) is 0 Å². The zero-order valence-electron chi connectivity index (χ0n) is 14.1. The van der Waals surface area contributed by atoms with Crippen LogP contribution in [0.1, 0.15) is 21.7 Å². The summed E-state index contributed by atoms with van der Waals surface area (Å²) in [6, 6.07) is 12.6. The van der Waals surface area contributed by atoms with Crippen molar-refractivity contribution in [3.63, 3.8) is 0 Å². The molecule has 0 saturated heterocycles. The van der Waals surface area contributed by atoms with Gasteiger partial charge in [-0.2, -0.15) is 4.31 Å². The van der Waals surface area contributed by atoms with E-state index in [1.807, 2.05) is 0 Å². The Morgan fingerprint density at radius 2 is 1.85 bits per heavy atom. The predicted octanol–water partition coefficient (Wildman–Crippen LogP) is 2.82. The number of pyridine rings is 1. The SMILES string of the molecule is NC(=O)c1ccc(CN(Cc2ccco2)S(=O)(=O)c2ccc(Cl)nc2)cc1. The Bertz CT molecular complexity index is 1020. The Balaban J connectivity index is 1.92. The molecule has 0 aliphatic rings. The van der Waals surface area contributed by atoms with E-state index in [2.05, 4.69) is 4.98 Å². The average molecular weight is 406 g/mol. The summed E-state index contributed by atoms with van der Waals surface area (Å²) in [7, 11) is -3.86. The Hall–Kier alpha value is -2.68. The highest BCUT2D eigenvalue weighted by atomic mass is 35.5. The van der Waals surface area contributed by atoms with Crippen LogP contribution in [0.2, 0.25) is 5.15 Å². The van der Waals surface area contributed by atoms with Crippen molar-refractivity contribution in [2.24, 2.45) is 5.73 Å². The number of hydrogen-bond acceptors (Lipinski definition) is 5. The van der Waals surface area contributed by atoms with Gasteiger partial charge < -0.3 is 10.2 Å². The van der Waals surface area contributed by atoms with Gasteiger partial charge in [0.05, 0.1) is 12.8 Å². The molecule has 0 aliphatic carbocycles. The summed E-state index contributed by atoms with van der Waals surface area (Å²) in [6.07, 6.45) is 2.69. The van der Waals surface area contributed by atoms with Crippen molar-refractivity contribution < 1.29 is 17.6 Å². The first kappa shape index (κ1) is 19.1. The van der Waals surface area contributed by atoms with Crippen molar-refractivity contribution in [1.29, 1.82) is 0 Å². The number of furan rings is 1. The topological polar surface area (TPSA) is 107 Å². The Morgan fingerprint density at radius 3 is 2.41 bits per heavy atom. The van der Waals surface area contributed by atoms with E-state index in [0.717, 1.165) is 0 Å². The third-order valence-corrected chi connectivity index (χ3v) is 5.85. The molecule has 0 spiro atoms. The van der Waals surface area contributed by atoms with E-state index in [1.54, 1.807) is 36.4 Å². The number of benzene rings is 1. The minimum absolute atomic E-state index is 0.0206. The fourth-order valence-corrected chi connectivity index (χ4v) is 3.90. The molecule has 0 radical (unpaired) electrons. The van der Waals surface area contributed by atoms with Gasteiger partial charge in [0.25, 0.3) is 0 Å².